The second-order valence-electron chi connectivity index (χ2n) is 1.40. The zero-order valence-corrected chi connectivity index (χ0v) is 12.7. The zero-order valence-electron chi connectivity index (χ0n) is 4.79. The summed E-state index contributed by atoms with van der Waals surface area (Å²) in [7, 11) is 0. The summed E-state index contributed by atoms with van der Waals surface area (Å²) in [5.41, 5.74) is 1.17. The van der Waals surface area contributed by atoms with Crippen molar-refractivity contribution in [1.82, 2.24) is 0 Å². The molecule has 0 aromatic rings. The van der Waals surface area contributed by atoms with Crippen LogP contribution in [0.15, 0.2) is 12.2 Å². The summed E-state index contributed by atoms with van der Waals surface area (Å²) in [6, 6.07) is 0. The molecular weight excluding hydrogens is 480 g/mol. The summed E-state index contributed by atoms with van der Waals surface area (Å²) in [6.07, 6.45) is 0. The van der Waals surface area contributed by atoms with Gasteiger partial charge in [-0.3, -0.25) is 0 Å². The van der Waals surface area contributed by atoms with Crippen molar-refractivity contribution in [3.63, 3.8) is 0 Å². The minimum absolute atomic E-state index is 0.278. The van der Waals surface area contributed by atoms with Gasteiger partial charge in [0.15, 0.2) is 0 Å². The Morgan fingerprint density at radius 1 is 1.25 bits per heavy atom. The molecule has 0 saturated heterocycles. The maximum absolute atomic E-state index is 3.56. The van der Waals surface area contributed by atoms with Gasteiger partial charge in [-0.2, -0.15) is 0 Å². The third-order valence-electron chi connectivity index (χ3n) is 0. The summed E-state index contributed by atoms with van der Waals surface area (Å²) < 4.78 is 0. The fraction of sp³-hybridized carbons (Fsp3) is 0.500. The molecule has 0 heterocycles. The average molecular weight is 488 g/mol. The van der Waals surface area contributed by atoms with E-state index in [0.29, 0.717) is 0 Å². The molecule has 4 heteroatoms. The van der Waals surface area contributed by atoms with Crippen LogP contribution in [0.3, 0.4) is 0 Å². The van der Waals surface area contributed by atoms with E-state index in [4.69, 9.17) is 0 Å². The third-order valence-corrected chi connectivity index (χ3v) is 0. The molecule has 8 heavy (non-hydrogen) atoms. The summed E-state index contributed by atoms with van der Waals surface area (Å²) >= 11 is 7.39. The number of allylic oxidation sites excluding steroid dienone is 1. The van der Waals surface area contributed by atoms with Gasteiger partial charge in [-0.15, -0.1) is 6.58 Å². The Morgan fingerprint density at radius 3 is 1.25 bits per heavy atom. The van der Waals surface area contributed by atoms with E-state index in [0.717, 1.165) is 0 Å². The van der Waals surface area contributed by atoms with Crippen LogP contribution in [0.1, 0.15) is 13.8 Å². The first-order valence-electron chi connectivity index (χ1n) is 1.86. The van der Waals surface area contributed by atoms with Gasteiger partial charge in [0.05, 0.1) is 0 Å². The quantitative estimate of drug-likeness (QED) is 0.354. The number of hydrogen-bond acceptors (Lipinski definition) is 0. The predicted molar refractivity (Wildman–Crippen MR) is 62.5 cm³/mol. The number of rotatable bonds is 0. The van der Waals surface area contributed by atoms with E-state index in [2.05, 4.69) is 66.5 Å². The molecule has 0 rings (SSSR count). The minimum atomic E-state index is -0.278. The van der Waals surface area contributed by atoms with Gasteiger partial charge in [-0.1, -0.05) is 5.57 Å². The Labute approximate surface area is 89.0 Å². The average Bonchev–Trinajstić information content (AvgIpc) is 1.25. The Morgan fingerprint density at radius 2 is 1.25 bits per heavy atom. The SMILES string of the molecule is C=C(C)C.[I][V]([I])[I]. The Kier molecular flexibility index (Phi) is 15.6. The van der Waals surface area contributed by atoms with Gasteiger partial charge in [-0.05, 0) is 13.8 Å². The van der Waals surface area contributed by atoms with E-state index in [1.807, 2.05) is 13.8 Å². The second kappa shape index (κ2) is 9.51. The van der Waals surface area contributed by atoms with Crippen LogP contribution >= 0.6 is 59.9 Å². The van der Waals surface area contributed by atoms with Crippen molar-refractivity contribution in [3.8, 4) is 0 Å². The van der Waals surface area contributed by atoms with Crippen molar-refractivity contribution in [2.24, 2.45) is 0 Å². The van der Waals surface area contributed by atoms with Crippen LogP contribution in [-0.4, -0.2) is 0 Å². The monoisotopic (exact) mass is 488 g/mol. The van der Waals surface area contributed by atoms with Gasteiger partial charge < -0.3 is 0 Å². The first kappa shape index (κ1) is 13.1. The van der Waals surface area contributed by atoms with Crippen LogP contribution < -0.4 is 0 Å². The molecule has 0 aliphatic rings. The van der Waals surface area contributed by atoms with E-state index in [1.165, 1.54) is 5.57 Å². The van der Waals surface area contributed by atoms with Crippen molar-refractivity contribution in [3.05, 3.63) is 12.2 Å². The first-order chi connectivity index (χ1) is 3.46. The Hall–Kier alpha value is 2.51. The van der Waals surface area contributed by atoms with Gasteiger partial charge >= 0.3 is 64.9 Å². The third kappa shape index (κ3) is 76.0. The summed E-state index contributed by atoms with van der Waals surface area (Å²) in [6.45, 7) is 7.50. The fourth-order valence-corrected chi connectivity index (χ4v) is 0. The predicted octanol–water partition coefficient (Wildman–Crippen LogP) is 4.24. The van der Waals surface area contributed by atoms with Crippen LogP contribution in [0.2, 0.25) is 0 Å². The Bertz CT molecular complexity index is 55.5. The van der Waals surface area contributed by atoms with Crippen LogP contribution in [0.25, 0.3) is 0 Å². The van der Waals surface area contributed by atoms with E-state index in [9.17, 15) is 0 Å². The molecule has 0 aromatic carbocycles. The standard InChI is InChI=1S/C4H8.3HI.V/c1-4(2)3;;;;/h1H2,2-3H3;3*1H;/q;;;;+3/p-3. The molecule has 0 bridgehead atoms. The van der Waals surface area contributed by atoms with Crippen LogP contribution in [-0.2, 0) is 4.92 Å². The molecule has 0 radical (unpaired) electrons. The zero-order chi connectivity index (χ0) is 7.15. The summed E-state index contributed by atoms with van der Waals surface area (Å²) in [5.74, 6) is 0. The van der Waals surface area contributed by atoms with Gasteiger partial charge in [0.2, 0.25) is 0 Å². The van der Waals surface area contributed by atoms with Crippen LogP contribution in [0.4, 0.5) is 0 Å². The van der Waals surface area contributed by atoms with Gasteiger partial charge in [0.25, 0.3) is 0 Å². The molecule has 50 valence electrons. The maximum atomic E-state index is 3.56. The molecule has 0 amide bonds. The second-order valence-corrected chi connectivity index (χ2v) is 36.8. The fourth-order valence-electron chi connectivity index (χ4n) is 0. The molecule has 0 fully saturated rings. The Balaban J connectivity index is 0. The van der Waals surface area contributed by atoms with Crippen LogP contribution in [0.5, 0.6) is 0 Å². The molecule has 0 spiro atoms. The topological polar surface area (TPSA) is 0 Å². The molecule has 0 saturated carbocycles. The molecule has 0 aliphatic carbocycles. The van der Waals surface area contributed by atoms with Crippen molar-refractivity contribution in [1.29, 1.82) is 0 Å². The van der Waals surface area contributed by atoms with Crippen molar-refractivity contribution < 1.29 is 4.92 Å². The number of halogens is 3. The molecule has 0 aromatic heterocycles. The summed E-state index contributed by atoms with van der Waals surface area (Å²) in [5, 5.41) is 0. The molecule has 0 N–H and O–H groups in total. The molecular formula is C4H8I3V. The number of hydrogen-bond donors (Lipinski definition) is 0. The molecule has 0 aliphatic heterocycles. The van der Waals surface area contributed by atoms with E-state index < -0.39 is 0 Å². The molecule has 0 atom stereocenters. The first-order valence-corrected chi connectivity index (χ1v) is 15.4. The van der Waals surface area contributed by atoms with Crippen molar-refractivity contribution in [2.45, 2.75) is 13.8 Å². The van der Waals surface area contributed by atoms with Crippen molar-refractivity contribution >= 4 is 59.9 Å². The molecule has 0 unspecified atom stereocenters. The van der Waals surface area contributed by atoms with Gasteiger partial charge in [0.1, 0.15) is 0 Å². The molecule has 0 nitrogen and oxygen atoms in total. The normalized spacial score (nSPS) is 7.75. The van der Waals surface area contributed by atoms with Crippen molar-refractivity contribution in [2.75, 3.05) is 0 Å². The van der Waals surface area contributed by atoms with E-state index >= 15 is 0 Å². The van der Waals surface area contributed by atoms with Gasteiger partial charge in [0, 0.05) is 0 Å². The summed E-state index contributed by atoms with van der Waals surface area (Å²) in [4.78, 5) is -0.278. The van der Waals surface area contributed by atoms with E-state index in [1.54, 1.807) is 0 Å². The van der Waals surface area contributed by atoms with Gasteiger partial charge in [-0.25, -0.2) is 0 Å². The van der Waals surface area contributed by atoms with E-state index in [-0.39, 0.29) is 4.92 Å². The van der Waals surface area contributed by atoms with Crippen LogP contribution in [0, 0.1) is 0 Å².